The topological polar surface area (TPSA) is 162 Å². The molecule has 0 fully saturated rings. The smallest absolute Gasteiger partial charge is 0.111 e. The van der Waals surface area contributed by atoms with Gasteiger partial charge >= 0.3 is 0 Å². The molecule has 0 heterocycles. The molecule has 8 N–H and O–H groups in total. The monoisotopic (exact) mass is 270 g/mol. The summed E-state index contributed by atoms with van der Waals surface area (Å²) < 4.78 is 0. The van der Waals surface area contributed by atoms with E-state index in [1.807, 2.05) is 0 Å². The summed E-state index contributed by atoms with van der Waals surface area (Å²) in [4.78, 5) is 0. The number of hydrogen-bond acceptors (Lipinski definition) is 8. The molecule has 0 rings (SSSR count). The van der Waals surface area contributed by atoms with Crippen LogP contribution in [-0.4, -0.2) is 90.2 Å². The third kappa shape index (κ3) is 5.12. The molecule has 0 aromatic carbocycles. The predicted molar refractivity (Wildman–Crippen MR) is 59.4 cm³/mol. The van der Waals surface area contributed by atoms with Crippen LogP contribution in [0.3, 0.4) is 0 Å². The SMILES string of the molecule is CC(O)CC(O)C(O)C(O)C(O)C(O)C(O)CO. The molecule has 0 aliphatic heterocycles. The van der Waals surface area contributed by atoms with Crippen LogP contribution in [0.25, 0.3) is 0 Å². The third-order valence-corrected chi connectivity index (χ3v) is 2.61. The van der Waals surface area contributed by atoms with Crippen LogP contribution in [0.15, 0.2) is 0 Å². The molecule has 0 aliphatic carbocycles. The van der Waals surface area contributed by atoms with E-state index >= 15 is 0 Å². The van der Waals surface area contributed by atoms with E-state index in [4.69, 9.17) is 15.3 Å². The fourth-order valence-corrected chi connectivity index (χ4v) is 1.46. The Morgan fingerprint density at radius 1 is 0.667 bits per heavy atom. The maximum atomic E-state index is 9.49. The van der Waals surface area contributed by atoms with E-state index in [0.29, 0.717) is 0 Å². The third-order valence-electron chi connectivity index (χ3n) is 2.61. The first-order valence-corrected chi connectivity index (χ1v) is 5.59. The first-order valence-electron chi connectivity index (χ1n) is 5.59. The molecular formula is C10H22O8. The van der Waals surface area contributed by atoms with Gasteiger partial charge in [0.05, 0.1) is 18.8 Å². The van der Waals surface area contributed by atoms with Crippen LogP contribution in [0.2, 0.25) is 0 Å². The molecule has 0 saturated heterocycles. The molecule has 8 nitrogen and oxygen atoms in total. The van der Waals surface area contributed by atoms with Crippen LogP contribution in [0.5, 0.6) is 0 Å². The summed E-state index contributed by atoms with van der Waals surface area (Å²) in [6.45, 7) is 0.528. The summed E-state index contributed by atoms with van der Waals surface area (Å²) in [5, 5.41) is 73.7. The van der Waals surface area contributed by atoms with E-state index in [2.05, 4.69) is 0 Å². The number of aliphatic hydroxyl groups excluding tert-OH is 8. The van der Waals surface area contributed by atoms with Crippen LogP contribution in [0, 0.1) is 0 Å². The summed E-state index contributed by atoms with van der Waals surface area (Å²) >= 11 is 0. The van der Waals surface area contributed by atoms with E-state index < -0.39 is 49.3 Å². The van der Waals surface area contributed by atoms with Crippen molar-refractivity contribution in [2.45, 2.75) is 56.1 Å². The van der Waals surface area contributed by atoms with Crippen molar-refractivity contribution in [2.75, 3.05) is 6.61 Å². The summed E-state index contributed by atoms with van der Waals surface area (Å²) in [5.74, 6) is 0. The van der Waals surface area contributed by atoms with Gasteiger partial charge in [0.2, 0.25) is 0 Å². The van der Waals surface area contributed by atoms with Crippen molar-refractivity contribution in [3.8, 4) is 0 Å². The Morgan fingerprint density at radius 2 is 1.06 bits per heavy atom. The fraction of sp³-hybridized carbons (Fsp3) is 1.00. The number of hydrogen-bond donors (Lipinski definition) is 8. The van der Waals surface area contributed by atoms with E-state index in [0.717, 1.165) is 0 Å². The molecule has 0 amide bonds. The van der Waals surface area contributed by atoms with Crippen molar-refractivity contribution in [1.82, 2.24) is 0 Å². The van der Waals surface area contributed by atoms with Gasteiger partial charge in [-0.1, -0.05) is 0 Å². The van der Waals surface area contributed by atoms with Crippen LogP contribution >= 0.6 is 0 Å². The van der Waals surface area contributed by atoms with Crippen molar-refractivity contribution >= 4 is 0 Å². The fourth-order valence-electron chi connectivity index (χ4n) is 1.46. The molecule has 8 heteroatoms. The Kier molecular flexibility index (Phi) is 7.83. The highest BCUT2D eigenvalue weighted by atomic mass is 16.4. The number of aliphatic hydroxyl groups is 8. The van der Waals surface area contributed by atoms with Crippen molar-refractivity contribution in [3.63, 3.8) is 0 Å². The second-order valence-corrected chi connectivity index (χ2v) is 4.36. The molecule has 0 aliphatic rings. The van der Waals surface area contributed by atoms with Gasteiger partial charge in [0.15, 0.2) is 0 Å². The minimum absolute atomic E-state index is 0.233. The van der Waals surface area contributed by atoms with Crippen molar-refractivity contribution in [2.24, 2.45) is 0 Å². The standard InChI is InChI=1S/C10H22O8/c1-4(12)2-5(13)7(15)9(17)10(18)8(16)6(14)3-11/h4-18H,2-3H2,1H3. The Morgan fingerprint density at radius 3 is 1.39 bits per heavy atom. The maximum absolute atomic E-state index is 9.49. The second kappa shape index (κ2) is 7.97. The lowest BCUT2D eigenvalue weighted by Gasteiger charge is -2.30. The first kappa shape index (κ1) is 17.7. The summed E-state index contributed by atoms with van der Waals surface area (Å²) in [6, 6.07) is 0. The summed E-state index contributed by atoms with van der Waals surface area (Å²) in [6.07, 6.45) is -11.9. The Hall–Kier alpha value is -0.320. The van der Waals surface area contributed by atoms with Gasteiger partial charge < -0.3 is 40.9 Å². The first-order chi connectivity index (χ1) is 8.22. The van der Waals surface area contributed by atoms with Gasteiger partial charge in [-0.15, -0.1) is 0 Å². The summed E-state index contributed by atoms with van der Waals surface area (Å²) in [7, 11) is 0. The van der Waals surface area contributed by atoms with Crippen LogP contribution in [-0.2, 0) is 0 Å². The lowest BCUT2D eigenvalue weighted by molar-refractivity contribution is -0.160. The summed E-state index contributed by atoms with van der Waals surface area (Å²) in [5.41, 5.74) is 0. The zero-order chi connectivity index (χ0) is 14.5. The van der Waals surface area contributed by atoms with Gasteiger partial charge in [0.25, 0.3) is 0 Å². The van der Waals surface area contributed by atoms with Crippen molar-refractivity contribution in [1.29, 1.82) is 0 Å². The lowest BCUT2D eigenvalue weighted by atomic mass is 9.94. The molecule has 0 aromatic rings. The van der Waals surface area contributed by atoms with Gasteiger partial charge in [-0.2, -0.15) is 0 Å². The predicted octanol–water partition coefficient (Wildman–Crippen LogP) is -4.08. The highest BCUT2D eigenvalue weighted by Gasteiger charge is 2.37. The molecule has 110 valence electrons. The minimum Gasteiger partial charge on any atom is -0.394 e. The highest BCUT2D eigenvalue weighted by molar-refractivity contribution is 4.87. The Labute approximate surface area is 104 Å². The average molecular weight is 270 g/mol. The average Bonchev–Trinajstić information content (AvgIpc) is 2.33. The highest BCUT2D eigenvalue weighted by Crippen LogP contribution is 2.13. The zero-order valence-electron chi connectivity index (χ0n) is 10.0. The van der Waals surface area contributed by atoms with Gasteiger partial charge in [0.1, 0.15) is 30.5 Å². The van der Waals surface area contributed by atoms with Gasteiger partial charge in [-0.25, -0.2) is 0 Å². The minimum atomic E-state index is -1.95. The Balaban J connectivity index is 4.47. The zero-order valence-corrected chi connectivity index (χ0v) is 10.0. The van der Waals surface area contributed by atoms with E-state index in [-0.39, 0.29) is 6.42 Å². The maximum Gasteiger partial charge on any atom is 0.111 e. The Bertz CT molecular complexity index is 224. The molecule has 18 heavy (non-hydrogen) atoms. The molecule has 0 spiro atoms. The van der Waals surface area contributed by atoms with Crippen LogP contribution in [0.1, 0.15) is 13.3 Å². The lowest BCUT2D eigenvalue weighted by Crippen LogP contribution is -2.53. The quantitative estimate of drug-likeness (QED) is 0.221. The largest absolute Gasteiger partial charge is 0.394 e. The van der Waals surface area contributed by atoms with Gasteiger partial charge in [0, 0.05) is 6.42 Å². The molecule has 0 aromatic heterocycles. The number of rotatable bonds is 8. The van der Waals surface area contributed by atoms with Crippen LogP contribution < -0.4 is 0 Å². The van der Waals surface area contributed by atoms with Crippen molar-refractivity contribution in [3.05, 3.63) is 0 Å². The normalized spacial score (nSPS) is 23.8. The van der Waals surface area contributed by atoms with E-state index in [9.17, 15) is 25.5 Å². The van der Waals surface area contributed by atoms with Gasteiger partial charge in [-0.05, 0) is 6.92 Å². The molecule has 7 unspecified atom stereocenters. The van der Waals surface area contributed by atoms with Crippen LogP contribution in [0.4, 0.5) is 0 Å². The van der Waals surface area contributed by atoms with Crippen molar-refractivity contribution < 1.29 is 40.9 Å². The van der Waals surface area contributed by atoms with Gasteiger partial charge in [-0.3, -0.25) is 0 Å². The molecule has 0 bridgehead atoms. The second-order valence-electron chi connectivity index (χ2n) is 4.36. The molecular weight excluding hydrogens is 248 g/mol. The molecule has 0 radical (unpaired) electrons. The molecule has 0 saturated carbocycles. The van der Waals surface area contributed by atoms with E-state index in [1.54, 1.807) is 0 Å². The van der Waals surface area contributed by atoms with E-state index in [1.165, 1.54) is 6.92 Å². The molecule has 7 atom stereocenters.